The molecule has 0 amide bonds. The van der Waals surface area contributed by atoms with Crippen LogP contribution in [0, 0.1) is 0 Å². The summed E-state index contributed by atoms with van der Waals surface area (Å²) < 4.78 is 0. The van der Waals surface area contributed by atoms with Crippen molar-refractivity contribution in [3.05, 3.63) is 0 Å². The molecule has 0 spiro atoms. The molecule has 1 aliphatic heterocycles. The normalized spacial score (nSPS) is 16.0. The summed E-state index contributed by atoms with van der Waals surface area (Å²) >= 11 is 0. The van der Waals surface area contributed by atoms with E-state index >= 15 is 0 Å². The maximum Gasteiger partial charge on any atom is 0.130 e. The van der Waals surface area contributed by atoms with E-state index in [-0.39, 0.29) is 9.90 Å². The molecule has 1 aliphatic rings. The standard InChI is InChI=1S/CH4N4.P/c1-2-4-5-3-1;/h1H2,(H,2,5)(H,3,4);. The highest BCUT2D eigenvalue weighted by Gasteiger charge is 1.81. The van der Waals surface area contributed by atoms with Crippen LogP contribution in [0.2, 0.25) is 0 Å². The van der Waals surface area contributed by atoms with Crippen LogP contribution in [-0.4, -0.2) is 6.67 Å². The quantitative estimate of drug-likeness (QED) is 0.432. The molecule has 5 heteroatoms. The average Bonchev–Trinajstić information content (AvgIpc) is 1.76. The van der Waals surface area contributed by atoms with E-state index in [0.717, 1.165) is 0 Å². The first kappa shape index (κ1) is 5.79. The fraction of sp³-hybridized carbons (Fsp3) is 1.00. The Morgan fingerprint density at radius 3 is 2.50 bits per heavy atom. The van der Waals surface area contributed by atoms with Crippen LogP contribution in [0.15, 0.2) is 10.3 Å². The minimum absolute atomic E-state index is 0. The summed E-state index contributed by atoms with van der Waals surface area (Å²) in [6, 6.07) is 0. The summed E-state index contributed by atoms with van der Waals surface area (Å²) in [7, 11) is 0. The van der Waals surface area contributed by atoms with Crippen molar-refractivity contribution < 1.29 is 0 Å². The van der Waals surface area contributed by atoms with E-state index in [2.05, 4.69) is 21.3 Å². The topological polar surface area (TPSA) is 48.8 Å². The molecule has 0 aromatic heterocycles. The number of hydrogen-bond acceptors (Lipinski definition) is 4. The van der Waals surface area contributed by atoms with Gasteiger partial charge in [0, 0.05) is 9.90 Å². The van der Waals surface area contributed by atoms with Gasteiger partial charge < -0.3 is 0 Å². The first-order chi connectivity index (χ1) is 2.50. The first-order valence-corrected chi connectivity index (χ1v) is 1.34. The lowest BCUT2D eigenvalue weighted by Gasteiger charge is -1.77. The molecule has 0 fully saturated rings. The minimum Gasteiger partial charge on any atom is -0.223 e. The number of nitrogens with one attached hydrogen (secondary N) is 2. The molecule has 0 bridgehead atoms. The zero-order valence-electron chi connectivity index (χ0n) is 3.05. The third-order valence-electron chi connectivity index (χ3n) is 0.350. The Morgan fingerprint density at radius 1 is 1.50 bits per heavy atom. The maximum absolute atomic E-state index is 3.49. The minimum atomic E-state index is 0. The third-order valence-corrected chi connectivity index (χ3v) is 0.350. The molecule has 0 saturated heterocycles. The van der Waals surface area contributed by atoms with Crippen LogP contribution >= 0.6 is 9.90 Å². The van der Waals surface area contributed by atoms with Crippen LogP contribution in [-0.2, 0) is 0 Å². The van der Waals surface area contributed by atoms with Gasteiger partial charge in [-0.1, -0.05) is 5.22 Å². The summed E-state index contributed by atoms with van der Waals surface area (Å²) in [6.45, 7) is 0.597. The van der Waals surface area contributed by atoms with Crippen molar-refractivity contribution in [3.8, 4) is 0 Å². The lowest BCUT2D eigenvalue weighted by Crippen LogP contribution is -2.19. The van der Waals surface area contributed by atoms with Gasteiger partial charge in [0.15, 0.2) is 0 Å². The van der Waals surface area contributed by atoms with Crippen molar-refractivity contribution >= 4 is 9.90 Å². The van der Waals surface area contributed by atoms with Gasteiger partial charge in [0.05, 0.1) is 0 Å². The molecule has 6 heavy (non-hydrogen) atoms. The zero-order valence-corrected chi connectivity index (χ0v) is 3.94. The molecule has 0 saturated carbocycles. The molecule has 0 aromatic rings. The average molecular weight is 103 g/mol. The predicted molar refractivity (Wildman–Crippen MR) is 22.9 cm³/mol. The molecule has 3 radical (unpaired) electrons. The third kappa shape index (κ3) is 1.29. The summed E-state index contributed by atoms with van der Waals surface area (Å²) in [5.74, 6) is 0. The second kappa shape index (κ2) is 3.00. The summed E-state index contributed by atoms with van der Waals surface area (Å²) in [4.78, 5) is 0. The predicted octanol–water partition coefficient (Wildman–Crippen LogP) is 0.280. The maximum atomic E-state index is 3.49. The molecule has 0 unspecified atom stereocenters. The van der Waals surface area contributed by atoms with E-state index in [9.17, 15) is 0 Å². The van der Waals surface area contributed by atoms with Crippen LogP contribution in [0.1, 0.15) is 0 Å². The number of hydrazine groups is 1. The van der Waals surface area contributed by atoms with Crippen molar-refractivity contribution in [2.75, 3.05) is 6.67 Å². The second-order valence-electron chi connectivity index (χ2n) is 0.688. The Hall–Kier alpha value is -0.210. The zero-order chi connectivity index (χ0) is 3.54. The molecule has 33 valence electrons. The van der Waals surface area contributed by atoms with Crippen molar-refractivity contribution in [2.45, 2.75) is 0 Å². The lowest BCUT2D eigenvalue weighted by atomic mass is 11.2. The molecule has 4 nitrogen and oxygen atoms in total. The van der Waals surface area contributed by atoms with E-state index in [0.29, 0.717) is 6.67 Å². The molecule has 0 atom stereocenters. The molecule has 1 heterocycles. The van der Waals surface area contributed by atoms with Gasteiger partial charge in [-0.2, -0.15) is 10.5 Å². The Bertz CT molecular complexity index is 45.5. The van der Waals surface area contributed by atoms with Gasteiger partial charge in [-0.3, -0.25) is 0 Å². The first-order valence-electron chi connectivity index (χ1n) is 1.34. The fourth-order valence-corrected chi connectivity index (χ4v) is 0.177. The molecule has 0 aromatic carbocycles. The highest BCUT2D eigenvalue weighted by Crippen LogP contribution is 1.68. The molecular weight excluding hydrogens is 99.0 g/mol. The van der Waals surface area contributed by atoms with Gasteiger partial charge in [-0.05, 0) is 0 Å². The molecule has 2 N–H and O–H groups in total. The van der Waals surface area contributed by atoms with Gasteiger partial charge in [-0.25, -0.2) is 5.53 Å². The van der Waals surface area contributed by atoms with E-state index in [1.54, 1.807) is 0 Å². The largest absolute Gasteiger partial charge is 0.223 e. The number of hydrogen-bond donors (Lipinski definition) is 2. The van der Waals surface area contributed by atoms with Crippen LogP contribution in [0.4, 0.5) is 0 Å². The van der Waals surface area contributed by atoms with Crippen molar-refractivity contribution in [3.63, 3.8) is 0 Å². The smallest absolute Gasteiger partial charge is 0.130 e. The number of rotatable bonds is 0. The van der Waals surface area contributed by atoms with Gasteiger partial charge in [0.2, 0.25) is 0 Å². The highest BCUT2D eigenvalue weighted by atomic mass is 31.0. The van der Waals surface area contributed by atoms with Gasteiger partial charge in [0.25, 0.3) is 0 Å². The SMILES string of the molecule is C1N=NNN1.[P]. The van der Waals surface area contributed by atoms with E-state index in [1.165, 1.54) is 0 Å². The Balaban J connectivity index is 0.000000250. The van der Waals surface area contributed by atoms with Gasteiger partial charge in [0.1, 0.15) is 6.67 Å². The Kier molecular flexibility index (Phi) is 2.89. The van der Waals surface area contributed by atoms with E-state index in [4.69, 9.17) is 0 Å². The molecule has 0 aliphatic carbocycles. The number of nitrogens with zero attached hydrogens (tertiary/aromatic N) is 2. The van der Waals surface area contributed by atoms with E-state index < -0.39 is 0 Å². The monoisotopic (exact) mass is 103 g/mol. The summed E-state index contributed by atoms with van der Waals surface area (Å²) in [6.07, 6.45) is 0. The Morgan fingerprint density at radius 2 is 2.33 bits per heavy atom. The highest BCUT2D eigenvalue weighted by molar-refractivity contribution is 6.92. The van der Waals surface area contributed by atoms with Crippen molar-refractivity contribution in [1.82, 2.24) is 11.0 Å². The van der Waals surface area contributed by atoms with Gasteiger partial charge in [-0.15, -0.1) is 0 Å². The van der Waals surface area contributed by atoms with E-state index in [1.807, 2.05) is 0 Å². The molecular formula is CH4N4P. The Labute approximate surface area is 39.0 Å². The van der Waals surface area contributed by atoms with Crippen LogP contribution in [0.25, 0.3) is 0 Å². The lowest BCUT2D eigenvalue weighted by molar-refractivity contribution is 0.651. The summed E-state index contributed by atoms with van der Waals surface area (Å²) in [5, 5.41) is 6.83. The summed E-state index contributed by atoms with van der Waals surface area (Å²) in [5.41, 5.74) is 5.07. The van der Waals surface area contributed by atoms with Crippen LogP contribution < -0.4 is 11.0 Å². The van der Waals surface area contributed by atoms with Crippen molar-refractivity contribution in [2.24, 2.45) is 10.3 Å². The molecule has 1 rings (SSSR count). The van der Waals surface area contributed by atoms with Crippen LogP contribution in [0.3, 0.4) is 0 Å². The van der Waals surface area contributed by atoms with Gasteiger partial charge >= 0.3 is 0 Å². The fourth-order valence-electron chi connectivity index (χ4n) is 0.177. The second-order valence-corrected chi connectivity index (χ2v) is 0.688. The van der Waals surface area contributed by atoms with Crippen molar-refractivity contribution in [1.29, 1.82) is 0 Å². The van der Waals surface area contributed by atoms with Crippen LogP contribution in [0.5, 0.6) is 0 Å².